The van der Waals surface area contributed by atoms with Crippen molar-refractivity contribution in [1.82, 2.24) is 0 Å². The second-order valence-corrected chi connectivity index (χ2v) is 11.0. The Morgan fingerprint density at radius 1 is 0.481 bits per heavy atom. The predicted molar refractivity (Wildman–Crippen MR) is 195 cm³/mol. The van der Waals surface area contributed by atoms with Gasteiger partial charge in [-0.3, -0.25) is 0 Å². The van der Waals surface area contributed by atoms with Gasteiger partial charge < -0.3 is 67.1 Å². The van der Waals surface area contributed by atoms with Gasteiger partial charge in [-0.2, -0.15) is 0 Å². The summed E-state index contributed by atoms with van der Waals surface area (Å²) in [7, 11) is 9.50. The summed E-state index contributed by atoms with van der Waals surface area (Å²) >= 11 is 0. The Kier molecular flexibility index (Phi) is 24.0. The van der Waals surface area contributed by atoms with E-state index in [-0.39, 0.29) is 19.8 Å². The van der Waals surface area contributed by atoms with Gasteiger partial charge in [-0.1, -0.05) is 12.2 Å². The minimum Gasteiger partial charge on any atom is -0.493 e. The molecule has 294 valence electrons. The van der Waals surface area contributed by atoms with Gasteiger partial charge >= 0.3 is 0 Å². The summed E-state index contributed by atoms with van der Waals surface area (Å²) in [5.41, 5.74) is 3.84. The molecule has 0 aromatic heterocycles. The van der Waals surface area contributed by atoms with Crippen molar-refractivity contribution in [3.8, 4) is 34.5 Å². The summed E-state index contributed by atoms with van der Waals surface area (Å²) < 4.78 is 67.3. The third-order valence-corrected chi connectivity index (χ3v) is 7.48. The van der Waals surface area contributed by atoms with Gasteiger partial charge in [0.2, 0.25) is 11.5 Å². The molecule has 0 aliphatic heterocycles. The number of hydrogen-bond acceptors (Lipinski definition) is 14. The maximum absolute atomic E-state index is 8.88. The molecule has 0 saturated carbocycles. The molecule has 14 heteroatoms. The van der Waals surface area contributed by atoms with Crippen LogP contribution in [0.15, 0.2) is 47.6 Å². The Morgan fingerprint density at radius 2 is 0.865 bits per heavy atom. The van der Waals surface area contributed by atoms with E-state index in [2.05, 4.69) is 0 Å². The number of hydrogen-bond donors (Lipinski definition) is 2. The van der Waals surface area contributed by atoms with Crippen LogP contribution < -0.4 is 28.4 Å². The van der Waals surface area contributed by atoms with Crippen molar-refractivity contribution in [2.75, 3.05) is 135 Å². The van der Waals surface area contributed by atoms with E-state index in [0.29, 0.717) is 120 Å². The molecule has 2 rings (SSSR count). The van der Waals surface area contributed by atoms with Crippen molar-refractivity contribution >= 4 is 0 Å². The summed E-state index contributed by atoms with van der Waals surface area (Å²) in [6.07, 6.45) is 5.01. The van der Waals surface area contributed by atoms with Gasteiger partial charge in [0.1, 0.15) is 0 Å². The van der Waals surface area contributed by atoms with Crippen LogP contribution in [0, 0.1) is 0 Å². The monoisotopic (exact) mass is 738 g/mol. The zero-order valence-corrected chi connectivity index (χ0v) is 31.6. The summed E-state index contributed by atoms with van der Waals surface area (Å²) in [5, 5.41) is 17.7. The lowest BCUT2D eigenvalue weighted by Crippen LogP contribution is -2.13. The Hall–Kier alpha value is -3.60. The molecule has 0 saturated heterocycles. The van der Waals surface area contributed by atoms with Crippen molar-refractivity contribution in [2.24, 2.45) is 0 Å². The van der Waals surface area contributed by atoms with Gasteiger partial charge in [-0.25, -0.2) is 0 Å². The lowest BCUT2D eigenvalue weighted by atomic mass is 9.94. The van der Waals surface area contributed by atoms with E-state index < -0.39 is 0 Å². The first-order valence-electron chi connectivity index (χ1n) is 17.1. The third-order valence-electron chi connectivity index (χ3n) is 7.48. The number of ether oxygens (including phenoxy) is 12. The standard InChI is InChI=1S/C38H58O14/c1-41-33-24-29(25-34(42-2)37(33)45-5)22-31(8-7-11-47-14-17-50-18-15-48-12-9-39)32(28-52-21-20-51-19-16-49-13-10-40)23-30-26-35(43-3)38(46-6)36(27-30)44-4/h7-8,24-27,39-40H,9-23,28H2,1-6H3/b8-7+,32-31-. The van der Waals surface area contributed by atoms with E-state index in [1.54, 1.807) is 42.7 Å². The van der Waals surface area contributed by atoms with E-state index in [0.717, 1.165) is 22.3 Å². The average Bonchev–Trinajstić information content (AvgIpc) is 3.17. The summed E-state index contributed by atoms with van der Waals surface area (Å²) in [5.74, 6) is 3.21. The quantitative estimate of drug-likeness (QED) is 0.0859. The van der Waals surface area contributed by atoms with Crippen molar-refractivity contribution in [3.63, 3.8) is 0 Å². The van der Waals surface area contributed by atoms with Crippen molar-refractivity contribution < 1.29 is 67.1 Å². The summed E-state index contributed by atoms with van der Waals surface area (Å²) in [6.45, 7) is 4.36. The van der Waals surface area contributed by atoms with Crippen molar-refractivity contribution in [3.05, 3.63) is 58.7 Å². The molecule has 0 radical (unpaired) electrons. The minimum atomic E-state index is -0.0276. The molecule has 0 fully saturated rings. The molecule has 0 aliphatic rings. The van der Waals surface area contributed by atoms with E-state index in [9.17, 15) is 0 Å². The van der Waals surface area contributed by atoms with Crippen LogP contribution >= 0.6 is 0 Å². The minimum absolute atomic E-state index is 0.0151. The van der Waals surface area contributed by atoms with E-state index >= 15 is 0 Å². The SMILES string of the molecule is COc1cc(CC(/C=C/COCCOCCOCCO)=C(\COCCOCCOCCO)Cc2cc(OC)c(OC)c(OC)c2)cc(OC)c1OC. The molecular weight excluding hydrogens is 680 g/mol. The van der Waals surface area contributed by atoms with Crippen molar-refractivity contribution in [1.29, 1.82) is 0 Å². The summed E-state index contributed by atoms with van der Waals surface area (Å²) in [6, 6.07) is 7.71. The van der Waals surface area contributed by atoms with Gasteiger partial charge in [0, 0.05) is 0 Å². The first-order valence-corrected chi connectivity index (χ1v) is 17.1. The Bertz CT molecular complexity index is 1260. The molecule has 14 nitrogen and oxygen atoms in total. The van der Waals surface area contributed by atoms with Crippen LogP contribution in [0.25, 0.3) is 0 Å². The molecule has 0 unspecified atom stereocenters. The molecular formula is C38H58O14. The van der Waals surface area contributed by atoms with Crippen molar-refractivity contribution in [2.45, 2.75) is 12.8 Å². The van der Waals surface area contributed by atoms with Crippen LogP contribution in [0.5, 0.6) is 34.5 Å². The molecule has 52 heavy (non-hydrogen) atoms. The number of methoxy groups -OCH3 is 6. The predicted octanol–water partition coefficient (Wildman–Crippen LogP) is 3.46. The maximum atomic E-state index is 8.88. The normalized spacial score (nSPS) is 11.8. The number of benzene rings is 2. The third kappa shape index (κ3) is 16.4. The number of allylic oxidation sites excluding steroid dienone is 2. The Labute approximate surface area is 308 Å². The Morgan fingerprint density at radius 3 is 1.27 bits per heavy atom. The molecule has 0 atom stereocenters. The first-order chi connectivity index (χ1) is 25.5. The Balaban J connectivity index is 2.41. The fraction of sp³-hybridized carbons (Fsp3) is 0.579. The van der Waals surface area contributed by atoms with Gasteiger partial charge in [-0.05, 0) is 59.4 Å². The van der Waals surface area contributed by atoms with E-state index in [1.165, 1.54) is 0 Å². The molecule has 0 heterocycles. The van der Waals surface area contributed by atoms with E-state index in [1.807, 2.05) is 36.4 Å². The van der Waals surface area contributed by atoms with Gasteiger partial charge in [-0.15, -0.1) is 0 Å². The highest BCUT2D eigenvalue weighted by molar-refractivity contribution is 5.56. The molecule has 0 bridgehead atoms. The number of aliphatic hydroxyl groups is 2. The molecule has 2 N–H and O–H groups in total. The zero-order valence-electron chi connectivity index (χ0n) is 31.6. The number of aliphatic hydroxyl groups excluding tert-OH is 2. The van der Waals surface area contributed by atoms with Gasteiger partial charge in [0.25, 0.3) is 0 Å². The molecule has 0 spiro atoms. The summed E-state index contributed by atoms with van der Waals surface area (Å²) in [4.78, 5) is 0. The molecule has 2 aromatic rings. The lowest BCUT2D eigenvalue weighted by Gasteiger charge is -2.19. The van der Waals surface area contributed by atoms with Gasteiger partial charge in [0.05, 0.1) is 135 Å². The molecule has 2 aromatic carbocycles. The average molecular weight is 739 g/mol. The largest absolute Gasteiger partial charge is 0.493 e. The highest BCUT2D eigenvalue weighted by Gasteiger charge is 2.18. The second-order valence-electron chi connectivity index (χ2n) is 11.0. The van der Waals surface area contributed by atoms with Crippen LogP contribution in [0.1, 0.15) is 11.1 Å². The second kappa shape index (κ2) is 28.0. The van der Waals surface area contributed by atoms with Crippen LogP contribution in [0.2, 0.25) is 0 Å². The lowest BCUT2D eigenvalue weighted by molar-refractivity contribution is 0.0107. The van der Waals surface area contributed by atoms with Gasteiger partial charge in [0.15, 0.2) is 23.0 Å². The first kappa shape index (κ1) is 44.6. The van der Waals surface area contributed by atoms with Crippen LogP contribution in [0.4, 0.5) is 0 Å². The fourth-order valence-corrected chi connectivity index (χ4v) is 5.05. The van der Waals surface area contributed by atoms with Crippen LogP contribution in [0.3, 0.4) is 0 Å². The van der Waals surface area contributed by atoms with Crippen LogP contribution in [-0.2, 0) is 41.3 Å². The maximum Gasteiger partial charge on any atom is 0.203 e. The molecule has 0 amide bonds. The van der Waals surface area contributed by atoms with E-state index in [4.69, 9.17) is 67.1 Å². The fourth-order valence-electron chi connectivity index (χ4n) is 5.05. The highest BCUT2D eigenvalue weighted by atomic mass is 16.6. The zero-order chi connectivity index (χ0) is 37.8. The topological polar surface area (TPSA) is 151 Å². The highest BCUT2D eigenvalue weighted by Crippen LogP contribution is 2.40. The smallest absolute Gasteiger partial charge is 0.203 e. The number of rotatable bonds is 31. The van der Waals surface area contributed by atoms with Crippen LogP contribution in [-0.4, -0.2) is 145 Å². The molecule has 0 aliphatic carbocycles.